The molecular formula is C22H32N4O5. The number of phenols is 1. The molecule has 0 saturated heterocycles. The predicted molar refractivity (Wildman–Crippen MR) is 115 cm³/mol. The van der Waals surface area contributed by atoms with Gasteiger partial charge in [0.25, 0.3) is 0 Å². The van der Waals surface area contributed by atoms with Crippen LogP contribution in [0.1, 0.15) is 60.1 Å². The van der Waals surface area contributed by atoms with Crippen molar-refractivity contribution in [2.45, 2.75) is 71.7 Å². The number of hydrogen-bond donors (Lipinski definition) is 3. The van der Waals surface area contributed by atoms with Gasteiger partial charge >= 0.3 is 6.09 Å². The first-order valence-corrected chi connectivity index (χ1v) is 9.92. The third-order valence-corrected chi connectivity index (χ3v) is 3.89. The minimum atomic E-state index is -1.14. The van der Waals surface area contributed by atoms with Crippen molar-refractivity contribution in [3.8, 4) is 11.8 Å². The van der Waals surface area contributed by atoms with Crippen molar-refractivity contribution < 1.29 is 24.2 Å². The van der Waals surface area contributed by atoms with E-state index in [9.17, 15) is 24.8 Å². The van der Waals surface area contributed by atoms with Crippen LogP contribution in [0.3, 0.4) is 0 Å². The van der Waals surface area contributed by atoms with Gasteiger partial charge in [-0.2, -0.15) is 5.26 Å². The first-order valence-electron chi connectivity index (χ1n) is 9.92. The Balaban J connectivity index is 3.27. The van der Waals surface area contributed by atoms with Crippen LogP contribution in [0.4, 0.5) is 4.79 Å². The summed E-state index contributed by atoms with van der Waals surface area (Å²) in [5.41, 5.74) is -0.929. The maximum Gasteiger partial charge on any atom is 0.408 e. The molecule has 0 bridgehead atoms. The molecule has 0 heterocycles. The molecule has 9 nitrogen and oxygen atoms in total. The van der Waals surface area contributed by atoms with Crippen LogP contribution in [0, 0.1) is 11.3 Å². The van der Waals surface area contributed by atoms with E-state index >= 15 is 0 Å². The number of nitrogens with zero attached hydrogens (tertiary/aromatic N) is 2. The number of nitriles is 1. The lowest BCUT2D eigenvalue weighted by atomic mass is 10.0. The molecule has 1 aromatic rings. The molecule has 9 heteroatoms. The summed E-state index contributed by atoms with van der Waals surface area (Å²) in [4.78, 5) is 39.4. The summed E-state index contributed by atoms with van der Waals surface area (Å²) in [5.74, 6) is -1.13. The second-order valence-corrected chi connectivity index (χ2v) is 9.23. The number of amides is 3. The minimum Gasteiger partial charge on any atom is -0.508 e. The van der Waals surface area contributed by atoms with Gasteiger partial charge in [-0.1, -0.05) is 12.1 Å². The average molecular weight is 433 g/mol. The maximum absolute atomic E-state index is 13.2. The van der Waals surface area contributed by atoms with Crippen molar-refractivity contribution in [2.75, 3.05) is 6.54 Å². The van der Waals surface area contributed by atoms with Gasteiger partial charge in [-0.25, -0.2) is 4.79 Å². The van der Waals surface area contributed by atoms with Crippen molar-refractivity contribution in [2.24, 2.45) is 0 Å². The van der Waals surface area contributed by atoms with E-state index in [2.05, 4.69) is 10.6 Å². The molecule has 0 aliphatic rings. The van der Waals surface area contributed by atoms with Crippen LogP contribution >= 0.6 is 0 Å². The number of carbonyl (C=O) groups is 3. The predicted octanol–water partition coefficient (Wildman–Crippen LogP) is 2.61. The Hall–Kier alpha value is -3.28. The monoisotopic (exact) mass is 432 g/mol. The smallest absolute Gasteiger partial charge is 0.408 e. The number of nitrogens with one attached hydrogen (secondary N) is 2. The van der Waals surface area contributed by atoms with Gasteiger partial charge in [0.2, 0.25) is 11.8 Å². The van der Waals surface area contributed by atoms with E-state index in [0.717, 1.165) is 4.90 Å². The van der Waals surface area contributed by atoms with Crippen LogP contribution in [0.25, 0.3) is 0 Å². The van der Waals surface area contributed by atoms with Gasteiger partial charge in [-0.3, -0.25) is 9.59 Å². The lowest BCUT2D eigenvalue weighted by Gasteiger charge is -2.34. The zero-order valence-corrected chi connectivity index (χ0v) is 19.1. The molecule has 0 aliphatic carbocycles. The molecule has 170 valence electrons. The van der Waals surface area contributed by atoms with Crippen molar-refractivity contribution in [3.05, 3.63) is 29.8 Å². The van der Waals surface area contributed by atoms with Crippen LogP contribution in [-0.2, 0) is 14.3 Å². The molecule has 3 amide bonds. The second-order valence-electron chi connectivity index (χ2n) is 9.23. The third kappa shape index (κ3) is 8.54. The van der Waals surface area contributed by atoms with E-state index in [1.165, 1.54) is 31.2 Å². The van der Waals surface area contributed by atoms with Crippen LogP contribution in [0.2, 0.25) is 0 Å². The lowest BCUT2D eigenvalue weighted by Crippen LogP contribution is -2.53. The van der Waals surface area contributed by atoms with E-state index in [-0.39, 0.29) is 12.3 Å². The summed E-state index contributed by atoms with van der Waals surface area (Å²) in [6, 6.07) is 5.51. The Morgan fingerprint density at radius 3 is 2.13 bits per heavy atom. The molecule has 0 radical (unpaired) electrons. The van der Waals surface area contributed by atoms with Crippen molar-refractivity contribution in [1.82, 2.24) is 15.5 Å². The number of carbonyl (C=O) groups excluding carboxylic acids is 3. The molecule has 0 saturated carbocycles. The fourth-order valence-electron chi connectivity index (χ4n) is 2.73. The Morgan fingerprint density at radius 1 is 1.13 bits per heavy atom. The summed E-state index contributed by atoms with van der Waals surface area (Å²) in [6.07, 6.45) is -0.786. The molecule has 2 atom stereocenters. The highest BCUT2D eigenvalue weighted by molar-refractivity contribution is 5.92. The molecule has 1 rings (SSSR count). The summed E-state index contributed by atoms with van der Waals surface area (Å²) >= 11 is 0. The normalized spacial score (nSPS) is 13.4. The van der Waals surface area contributed by atoms with Gasteiger partial charge in [0.1, 0.15) is 30.0 Å². The Kier molecular flexibility index (Phi) is 8.44. The van der Waals surface area contributed by atoms with E-state index in [0.29, 0.717) is 5.56 Å². The average Bonchev–Trinajstić information content (AvgIpc) is 2.59. The number of benzene rings is 1. The molecule has 1 aromatic carbocycles. The van der Waals surface area contributed by atoms with Gasteiger partial charge in [0, 0.05) is 5.54 Å². The second kappa shape index (κ2) is 10.2. The van der Waals surface area contributed by atoms with Crippen molar-refractivity contribution in [3.63, 3.8) is 0 Å². The number of phenolic OH excluding ortho intramolecular Hbond substituents is 1. The van der Waals surface area contributed by atoms with E-state index in [1.54, 1.807) is 41.5 Å². The molecule has 31 heavy (non-hydrogen) atoms. The molecular weight excluding hydrogens is 400 g/mol. The third-order valence-electron chi connectivity index (χ3n) is 3.89. The number of hydrogen-bond acceptors (Lipinski definition) is 6. The Labute approximate surface area is 183 Å². The Bertz CT molecular complexity index is 831. The summed E-state index contributed by atoms with van der Waals surface area (Å²) in [7, 11) is 0. The molecule has 3 N–H and O–H groups in total. The number of aromatic hydroxyl groups is 1. The number of rotatable bonds is 6. The van der Waals surface area contributed by atoms with E-state index in [4.69, 9.17) is 4.74 Å². The fourth-order valence-corrected chi connectivity index (χ4v) is 2.73. The molecule has 0 aliphatic heterocycles. The standard InChI is InChI=1S/C22H32N4O5/c1-14(24-20(30)31-22(5,6)7)19(29)26(13-12-23)17(18(28)25-21(2,3)4)15-8-10-16(27)11-9-15/h8-11,14,17,27H,13H2,1-7H3,(H,24,30)(H,25,28). The van der Waals surface area contributed by atoms with Gasteiger partial charge in [-0.05, 0) is 66.2 Å². The Morgan fingerprint density at radius 2 is 1.68 bits per heavy atom. The van der Waals surface area contributed by atoms with Gasteiger partial charge in [-0.15, -0.1) is 0 Å². The van der Waals surface area contributed by atoms with Crippen LogP contribution in [-0.4, -0.2) is 51.6 Å². The highest BCUT2D eigenvalue weighted by atomic mass is 16.6. The highest BCUT2D eigenvalue weighted by Crippen LogP contribution is 2.25. The van der Waals surface area contributed by atoms with Gasteiger partial charge in [0.15, 0.2) is 0 Å². The number of alkyl carbamates (subject to hydrolysis) is 1. The zero-order valence-electron chi connectivity index (χ0n) is 19.1. The van der Waals surface area contributed by atoms with E-state index < -0.39 is 41.1 Å². The first-order chi connectivity index (χ1) is 14.1. The minimum absolute atomic E-state index is 0.00292. The topological polar surface area (TPSA) is 132 Å². The largest absolute Gasteiger partial charge is 0.508 e. The zero-order chi connectivity index (χ0) is 24.0. The molecule has 0 fully saturated rings. The van der Waals surface area contributed by atoms with Gasteiger partial charge in [0.05, 0.1) is 6.07 Å². The van der Waals surface area contributed by atoms with Crippen LogP contribution < -0.4 is 10.6 Å². The first kappa shape index (κ1) is 25.8. The number of ether oxygens (including phenoxy) is 1. The summed E-state index contributed by atoms with van der Waals surface area (Å²) in [5, 5.41) is 24.2. The summed E-state index contributed by atoms with van der Waals surface area (Å²) in [6.45, 7) is 11.5. The SMILES string of the molecule is CC(NC(=O)OC(C)(C)C)C(=O)N(CC#N)C(C(=O)NC(C)(C)C)c1ccc(O)cc1. The molecule has 0 aromatic heterocycles. The van der Waals surface area contributed by atoms with Gasteiger partial charge < -0.3 is 25.4 Å². The van der Waals surface area contributed by atoms with E-state index in [1.807, 2.05) is 6.07 Å². The molecule has 2 unspecified atom stereocenters. The van der Waals surface area contributed by atoms with Crippen molar-refractivity contribution in [1.29, 1.82) is 5.26 Å². The van der Waals surface area contributed by atoms with Crippen LogP contribution in [0.5, 0.6) is 5.75 Å². The summed E-state index contributed by atoms with van der Waals surface area (Å²) < 4.78 is 5.18. The maximum atomic E-state index is 13.2. The quantitative estimate of drug-likeness (QED) is 0.592. The fraction of sp³-hybridized carbons (Fsp3) is 0.545. The lowest BCUT2D eigenvalue weighted by molar-refractivity contribution is -0.142. The highest BCUT2D eigenvalue weighted by Gasteiger charge is 2.35. The van der Waals surface area contributed by atoms with Crippen LogP contribution in [0.15, 0.2) is 24.3 Å². The molecule has 0 spiro atoms. The van der Waals surface area contributed by atoms with Crippen molar-refractivity contribution >= 4 is 17.9 Å².